The van der Waals surface area contributed by atoms with Crippen molar-refractivity contribution in [3.63, 3.8) is 0 Å². The van der Waals surface area contributed by atoms with Crippen LogP contribution < -0.4 is 0 Å². The third-order valence-electron chi connectivity index (χ3n) is 5.38. The van der Waals surface area contributed by atoms with Crippen LogP contribution in [0.1, 0.15) is 35.7 Å². The zero-order valence-electron chi connectivity index (χ0n) is 14.1. The molecule has 0 unspecified atom stereocenters. The monoisotopic (exact) mass is 336 g/mol. The average molecular weight is 336 g/mol. The number of Topliss-reactive ketones (excluding diaryl/α,β-unsaturated/α-hetero) is 1. The van der Waals surface area contributed by atoms with Crippen LogP contribution in [0.2, 0.25) is 0 Å². The summed E-state index contributed by atoms with van der Waals surface area (Å²) in [6, 6.07) is 5.85. The second-order valence-electron chi connectivity index (χ2n) is 6.74. The van der Waals surface area contributed by atoms with E-state index in [1.807, 2.05) is 30.4 Å². The topological polar surface area (TPSA) is 70.2 Å². The fourth-order valence-electron chi connectivity index (χ4n) is 4.00. The highest BCUT2D eigenvalue weighted by molar-refractivity contribution is 6.14. The molecule has 0 spiro atoms. The number of nitrogens with zero attached hydrogens (tertiary/aromatic N) is 1. The van der Waals surface area contributed by atoms with Crippen LogP contribution in [0.4, 0.5) is 0 Å². The third-order valence-corrected chi connectivity index (χ3v) is 5.38. The van der Waals surface area contributed by atoms with Crippen molar-refractivity contribution in [3.05, 3.63) is 47.7 Å². The van der Waals surface area contributed by atoms with Gasteiger partial charge in [-0.05, 0) is 24.8 Å². The molecule has 0 bridgehead atoms. The van der Waals surface area contributed by atoms with Crippen LogP contribution in [-0.2, 0) is 16.0 Å². The molecule has 1 aliphatic carbocycles. The van der Waals surface area contributed by atoms with E-state index in [0.29, 0.717) is 18.4 Å². The number of ketones is 1. The minimum atomic E-state index is -0.292. The Labute approximate surface area is 145 Å². The standard InChI is InChI=1S/C20H20N2O3/c1-2-12-6-5-9-13-16(10-21-18(12)13)17(23)11-22-19(24)14-7-3-4-8-15(14)20(22)25/h3-6,9-10,14-15,21H,2,7-8,11H2,1H3/t14-,15+. The minimum Gasteiger partial charge on any atom is -0.360 e. The molecule has 0 radical (unpaired) electrons. The van der Waals surface area contributed by atoms with E-state index < -0.39 is 0 Å². The molecule has 0 saturated carbocycles. The molecule has 2 aromatic rings. The molecule has 2 aliphatic rings. The maximum atomic E-state index is 12.8. The fourth-order valence-corrected chi connectivity index (χ4v) is 4.00. The Bertz CT molecular complexity index is 883. The maximum Gasteiger partial charge on any atom is 0.233 e. The predicted molar refractivity (Wildman–Crippen MR) is 94.1 cm³/mol. The highest BCUT2D eigenvalue weighted by Gasteiger charge is 2.47. The van der Waals surface area contributed by atoms with Crippen LogP contribution in [0.25, 0.3) is 10.9 Å². The van der Waals surface area contributed by atoms with Gasteiger partial charge in [0.25, 0.3) is 0 Å². The van der Waals surface area contributed by atoms with Gasteiger partial charge >= 0.3 is 0 Å². The lowest BCUT2D eigenvalue weighted by atomic mass is 9.85. The van der Waals surface area contributed by atoms with Crippen LogP contribution >= 0.6 is 0 Å². The molecule has 1 N–H and O–H groups in total. The van der Waals surface area contributed by atoms with Crippen LogP contribution in [0.3, 0.4) is 0 Å². The average Bonchev–Trinajstić information content (AvgIpc) is 3.17. The van der Waals surface area contributed by atoms with Crippen LogP contribution in [0, 0.1) is 11.8 Å². The number of amides is 2. The van der Waals surface area contributed by atoms with Crippen LogP contribution in [-0.4, -0.2) is 34.0 Å². The summed E-state index contributed by atoms with van der Waals surface area (Å²) >= 11 is 0. The number of nitrogens with one attached hydrogen (secondary N) is 1. The van der Waals surface area contributed by atoms with E-state index >= 15 is 0 Å². The SMILES string of the molecule is CCc1cccc2c(C(=O)CN3C(=O)[C@H]4CC=CC[C@H]4C3=O)c[nH]c12. The summed E-state index contributed by atoms with van der Waals surface area (Å²) in [4.78, 5) is 42.2. The second-order valence-corrected chi connectivity index (χ2v) is 6.74. The number of para-hydroxylation sites is 1. The lowest BCUT2D eigenvalue weighted by molar-refractivity contribution is -0.139. The van der Waals surface area contributed by atoms with Crippen molar-refractivity contribution < 1.29 is 14.4 Å². The van der Waals surface area contributed by atoms with Gasteiger partial charge in [0, 0.05) is 22.7 Å². The van der Waals surface area contributed by atoms with Gasteiger partial charge in [0.15, 0.2) is 5.78 Å². The Hall–Kier alpha value is -2.69. The van der Waals surface area contributed by atoms with Gasteiger partial charge in [-0.3, -0.25) is 19.3 Å². The van der Waals surface area contributed by atoms with E-state index in [-0.39, 0.29) is 36.0 Å². The number of carbonyl (C=O) groups is 3. The maximum absolute atomic E-state index is 12.8. The first-order chi connectivity index (χ1) is 12.1. The summed E-state index contributed by atoms with van der Waals surface area (Å²) in [6.07, 6.45) is 7.63. The Kier molecular flexibility index (Phi) is 3.79. The first kappa shape index (κ1) is 15.8. The van der Waals surface area contributed by atoms with Gasteiger partial charge in [-0.25, -0.2) is 0 Å². The minimum absolute atomic E-state index is 0.173. The number of carbonyl (C=O) groups excluding carboxylic acids is 3. The molecule has 4 rings (SSSR count). The number of fused-ring (bicyclic) bond motifs is 2. The van der Waals surface area contributed by atoms with Gasteiger partial charge in [0.1, 0.15) is 0 Å². The van der Waals surface area contributed by atoms with E-state index in [1.54, 1.807) is 6.20 Å². The van der Waals surface area contributed by atoms with Crippen molar-refractivity contribution in [2.75, 3.05) is 6.54 Å². The Morgan fingerprint density at radius 2 is 1.84 bits per heavy atom. The van der Waals surface area contributed by atoms with E-state index in [2.05, 4.69) is 11.9 Å². The number of aromatic nitrogens is 1. The molecule has 1 saturated heterocycles. The summed E-state index contributed by atoms with van der Waals surface area (Å²) in [5, 5.41) is 0.850. The summed E-state index contributed by atoms with van der Waals surface area (Å²) in [5.41, 5.74) is 2.63. The fraction of sp³-hybridized carbons (Fsp3) is 0.350. The molecule has 1 aliphatic heterocycles. The third kappa shape index (κ3) is 2.42. The smallest absolute Gasteiger partial charge is 0.233 e. The molecule has 128 valence electrons. The number of hydrogen-bond acceptors (Lipinski definition) is 3. The number of imide groups is 1. The first-order valence-corrected chi connectivity index (χ1v) is 8.74. The highest BCUT2D eigenvalue weighted by Crippen LogP contribution is 2.35. The first-order valence-electron chi connectivity index (χ1n) is 8.74. The van der Waals surface area contributed by atoms with Gasteiger partial charge < -0.3 is 4.98 Å². The molecule has 1 aromatic heterocycles. The van der Waals surface area contributed by atoms with Gasteiger partial charge in [0.2, 0.25) is 11.8 Å². The predicted octanol–water partition coefficient (Wildman–Crippen LogP) is 2.86. The summed E-state index contributed by atoms with van der Waals surface area (Å²) in [5.74, 6) is -1.20. The van der Waals surface area contributed by atoms with Crippen molar-refractivity contribution in [3.8, 4) is 0 Å². The Morgan fingerprint density at radius 1 is 1.16 bits per heavy atom. The molecule has 5 heteroatoms. The molecule has 25 heavy (non-hydrogen) atoms. The van der Waals surface area contributed by atoms with Crippen LogP contribution in [0.15, 0.2) is 36.5 Å². The zero-order valence-corrected chi connectivity index (χ0v) is 14.1. The van der Waals surface area contributed by atoms with E-state index in [0.717, 1.165) is 27.8 Å². The quantitative estimate of drug-likeness (QED) is 0.530. The lowest BCUT2D eigenvalue weighted by Crippen LogP contribution is -2.36. The number of hydrogen-bond donors (Lipinski definition) is 1. The second kappa shape index (κ2) is 5.99. The lowest BCUT2D eigenvalue weighted by Gasteiger charge is -2.14. The number of aromatic amines is 1. The molecular weight excluding hydrogens is 316 g/mol. The van der Waals surface area contributed by atoms with Gasteiger partial charge in [-0.2, -0.15) is 0 Å². The largest absolute Gasteiger partial charge is 0.360 e. The van der Waals surface area contributed by atoms with Gasteiger partial charge in [0.05, 0.1) is 18.4 Å². The van der Waals surface area contributed by atoms with E-state index in [9.17, 15) is 14.4 Å². The number of H-pyrrole nitrogens is 1. The Morgan fingerprint density at radius 3 is 2.48 bits per heavy atom. The number of benzene rings is 1. The summed E-state index contributed by atoms with van der Waals surface area (Å²) in [6.45, 7) is 1.89. The number of rotatable bonds is 4. The highest BCUT2D eigenvalue weighted by atomic mass is 16.2. The Balaban J connectivity index is 1.61. The van der Waals surface area contributed by atoms with Crippen molar-refractivity contribution in [2.45, 2.75) is 26.2 Å². The number of allylic oxidation sites excluding steroid dienone is 2. The van der Waals surface area contributed by atoms with Crippen molar-refractivity contribution in [2.24, 2.45) is 11.8 Å². The van der Waals surface area contributed by atoms with Gasteiger partial charge in [-0.1, -0.05) is 37.3 Å². The zero-order chi connectivity index (χ0) is 17.6. The molecule has 1 aromatic carbocycles. The number of aryl methyl sites for hydroxylation is 1. The molecule has 5 nitrogen and oxygen atoms in total. The molecule has 2 atom stereocenters. The molecule has 1 fully saturated rings. The molecule has 2 heterocycles. The summed E-state index contributed by atoms with van der Waals surface area (Å²) < 4.78 is 0. The van der Waals surface area contributed by atoms with Gasteiger partial charge in [-0.15, -0.1) is 0 Å². The van der Waals surface area contributed by atoms with Crippen molar-refractivity contribution in [1.29, 1.82) is 0 Å². The number of likely N-dealkylation sites (tertiary alicyclic amines) is 1. The van der Waals surface area contributed by atoms with Crippen LogP contribution in [0.5, 0.6) is 0 Å². The van der Waals surface area contributed by atoms with Crippen molar-refractivity contribution in [1.82, 2.24) is 9.88 Å². The van der Waals surface area contributed by atoms with E-state index in [1.165, 1.54) is 0 Å². The normalized spacial score (nSPS) is 22.7. The summed E-state index contributed by atoms with van der Waals surface area (Å²) in [7, 11) is 0. The van der Waals surface area contributed by atoms with E-state index in [4.69, 9.17) is 0 Å². The molecular formula is C20H20N2O3. The van der Waals surface area contributed by atoms with Crippen molar-refractivity contribution >= 4 is 28.5 Å². The molecule has 2 amide bonds.